The van der Waals surface area contributed by atoms with Gasteiger partial charge in [0.2, 0.25) is 0 Å². The molecule has 1 atom stereocenters. The van der Waals surface area contributed by atoms with Gasteiger partial charge in [0.1, 0.15) is 5.75 Å². The minimum atomic E-state index is -0.297. The van der Waals surface area contributed by atoms with Crippen LogP contribution < -0.4 is 10.5 Å². The van der Waals surface area contributed by atoms with Gasteiger partial charge >= 0.3 is 0 Å². The Bertz CT molecular complexity index is 441. The summed E-state index contributed by atoms with van der Waals surface area (Å²) in [4.78, 5) is 0. The number of hydrogen-bond donors (Lipinski definition) is 2. The lowest BCUT2D eigenvalue weighted by atomic mass is 9.72. The van der Waals surface area contributed by atoms with Gasteiger partial charge in [-0.1, -0.05) is 26.0 Å². The zero-order chi connectivity index (χ0) is 14.0. The number of methoxy groups -OCH3 is 1. The fourth-order valence-corrected chi connectivity index (χ4v) is 2.59. The normalized spacial score (nSPS) is 19.1. The molecule has 1 aromatic carbocycles. The standard InChI is InChI=1S/C15H23NO3/c1-10(2)12-6-11(4-5-13(12)18-3)15(8-19-9-15)14(16)7-17/h4-6,10,14,17H,7-9,16H2,1-3H3. The lowest BCUT2D eigenvalue weighted by Crippen LogP contribution is -2.60. The van der Waals surface area contributed by atoms with Crippen molar-refractivity contribution in [3.8, 4) is 5.75 Å². The van der Waals surface area contributed by atoms with E-state index < -0.39 is 0 Å². The van der Waals surface area contributed by atoms with E-state index in [4.69, 9.17) is 15.2 Å². The van der Waals surface area contributed by atoms with E-state index in [1.165, 1.54) is 0 Å². The number of nitrogens with two attached hydrogens (primary N) is 1. The van der Waals surface area contributed by atoms with Crippen molar-refractivity contribution in [1.82, 2.24) is 0 Å². The van der Waals surface area contributed by atoms with Gasteiger partial charge in [-0.2, -0.15) is 0 Å². The zero-order valence-electron chi connectivity index (χ0n) is 11.8. The summed E-state index contributed by atoms with van der Waals surface area (Å²) in [6.07, 6.45) is 0. The van der Waals surface area contributed by atoms with Gasteiger partial charge in [0.25, 0.3) is 0 Å². The minimum Gasteiger partial charge on any atom is -0.496 e. The minimum absolute atomic E-state index is 0.0353. The first-order valence-corrected chi connectivity index (χ1v) is 6.67. The third-order valence-corrected chi connectivity index (χ3v) is 4.05. The highest BCUT2D eigenvalue weighted by Gasteiger charge is 2.45. The van der Waals surface area contributed by atoms with E-state index in [0.29, 0.717) is 19.1 Å². The second-order valence-corrected chi connectivity index (χ2v) is 5.55. The predicted octanol–water partition coefficient (Wildman–Crippen LogP) is 1.41. The van der Waals surface area contributed by atoms with Crippen LogP contribution in [0.15, 0.2) is 18.2 Å². The first kappa shape index (κ1) is 14.3. The molecule has 0 spiro atoms. The molecule has 3 N–H and O–H groups in total. The van der Waals surface area contributed by atoms with E-state index in [-0.39, 0.29) is 18.1 Å². The molecule has 2 rings (SSSR count). The molecule has 1 fully saturated rings. The molecule has 1 aliphatic rings. The molecule has 106 valence electrons. The molecule has 1 heterocycles. The Hall–Kier alpha value is -1.10. The topological polar surface area (TPSA) is 64.7 Å². The monoisotopic (exact) mass is 265 g/mol. The molecule has 0 amide bonds. The van der Waals surface area contributed by atoms with Crippen LogP contribution in [-0.2, 0) is 10.2 Å². The van der Waals surface area contributed by atoms with Gasteiger partial charge in [0.15, 0.2) is 0 Å². The van der Waals surface area contributed by atoms with Crippen LogP contribution in [0, 0.1) is 0 Å². The molecule has 0 aromatic heterocycles. The van der Waals surface area contributed by atoms with Gasteiger partial charge in [0.05, 0.1) is 32.3 Å². The number of aliphatic hydroxyl groups is 1. The summed E-state index contributed by atoms with van der Waals surface area (Å²) in [5, 5.41) is 9.37. The summed E-state index contributed by atoms with van der Waals surface area (Å²) in [6, 6.07) is 5.86. The number of hydrogen-bond acceptors (Lipinski definition) is 4. The van der Waals surface area contributed by atoms with Crippen LogP contribution >= 0.6 is 0 Å². The van der Waals surface area contributed by atoms with E-state index >= 15 is 0 Å². The Labute approximate surface area is 114 Å². The van der Waals surface area contributed by atoms with Gasteiger partial charge in [0, 0.05) is 6.04 Å². The average molecular weight is 265 g/mol. The largest absolute Gasteiger partial charge is 0.496 e. The molecule has 1 aliphatic heterocycles. The van der Waals surface area contributed by atoms with E-state index in [1.807, 2.05) is 12.1 Å². The van der Waals surface area contributed by atoms with Crippen LogP contribution in [0.4, 0.5) is 0 Å². The van der Waals surface area contributed by atoms with Crippen LogP contribution in [0.25, 0.3) is 0 Å². The predicted molar refractivity (Wildman–Crippen MR) is 74.6 cm³/mol. The van der Waals surface area contributed by atoms with Crippen LogP contribution in [0.1, 0.15) is 30.9 Å². The third kappa shape index (κ3) is 2.36. The molecular weight excluding hydrogens is 242 g/mol. The summed E-state index contributed by atoms with van der Waals surface area (Å²) in [7, 11) is 1.68. The maximum absolute atomic E-state index is 9.37. The third-order valence-electron chi connectivity index (χ3n) is 4.05. The van der Waals surface area contributed by atoms with Crippen molar-refractivity contribution in [3.05, 3.63) is 29.3 Å². The lowest BCUT2D eigenvalue weighted by molar-refractivity contribution is -0.0798. The highest BCUT2D eigenvalue weighted by atomic mass is 16.5. The van der Waals surface area contributed by atoms with Crippen molar-refractivity contribution in [3.63, 3.8) is 0 Å². The molecule has 19 heavy (non-hydrogen) atoms. The van der Waals surface area contributed by atoms with Gasteiger partial charge in [-0.15, -0.1) is 0 Å². The summed E-state index contributed by atoms with van der Waals surface area (Å²) >= 11 is 0. The second-order valence-electron chi connectivity index (χ2n) is 5.55. The Kier molecular flexibility index (Phi) is 4.13. The quantitative estimate of drug-likeness (QED) is 0.845. The highest BCUT2D eigenvalue weighted by Crippen LogP contribution is 2.38. The molecule has 1 aromatic rings. The Morgan fingerprint density at radius 2 is 2.11 bits per heavy atom. The van der Waals surface area contributed by atoms with Crippen LogP contribution in [0.3, 0.4) is 0 Å². The van der Waals surface area contributed by atoms with Crippen LogP contribution in [0.2, 0.25) is 0 Å². The molecule has 4 nitrogen and oxygen atoms in total. The summed E-state index contributed by atoms with van der Waals surface area (Å²) in [5.41, 5.74) is 8.11. The molecule has 1 saturated heterocycles. The number of ether oxygens (including phenoxy) is 2. The van der Waals surface area contributed by atoms with Crippen molar-refractivity contribution in [2.45, 2.75) is 31.2 Å². The summed E-state index contributed by atoms with van der Waals surface area (Å²) in [6.45, 7) is 5.37. The van der Waals surface area contributed by atoms with Gasteiger partial charge in [-0.25, -0.2) is 0 Å². The maximum Gasteiger partial charge on any atom is 0.122 e. The van der Waals surface area contributed by atoms with Gasteiger partial charge < -0.3 is 20.3 Å². The van der Waals surface area contributed by atoms with E-state index in [2.05, 4.69) is 19.9 Å². The zero-order valence-corrected chi connectivity index (χ0v) is 11.8. The average Bonchev–Trinajstić information content (AvgIpc) is 2.36. The first-order valence-electron chi connectivity index (χ1n) is 6.67. The van der Waals surface area contributed by atoms with Gasteiger partial charge in [-0.05, 0) is 23.1 Å². The number of rotatable bonds is 5. The smallest absolute Gasteiger partial charge is 0.122 e. The van der Waals surface area contributed by atoms with E-state index in [0.717, 1.165) is 16.9 Å². The summed E-state index contributed by atoms with van der Waals surface area (Å²) < 4.78 is 10.8. The highest BCUT2D eigenvalue weighted by molar-refractivity contribution is 5.43. The maximum atomic E-state index is 9.37. The molecule has 1 unspecified atom stereocenters. The summed E-state index contributed by atoms with van der Waals surface area (Å²) in [5.74, 6) is 1.27. The van der Waals surface area contributed by atoms with Crippen molar-refractivity contribution >= 4 is 0 Å². The molecule has 0 radical (unpaired) electrons. The van der Waals surface area contributed by atoms with Crippen molar-refractivity contribution in [1.29, 1.82) is 0 Å². The van der Waals surface area contributed by atoms with E-state index in [9.17, 15) is 5.11 Å². The Morgan fingerprint density at radius 3 is 2.53 bits per heavy atom. The van der Waals surface area contributed by atoms with Crippen molar-refractivity contribution in [2.75, 3.05) is 26.9 Å². The molecular formula is C15H23NO3. The second kappa shape index (κ2) is 5.49. The molecule has 0 bridgehead atoms. The number of benzene rings is 1. The molecule has 0 saturated carbocycles. The van der Waals surface area contributed by atoms with Gasteiger partial charge in [-0.3, -0.25) is 0 Å². The molecule has 0 aliphatic carbocycles. The fraction of sp³-hybridized carbons (Fsp3) is 0.600. The SMILES string of the molecule is COc1ccc(C2(C(N)CO)COC2)cc1C(C)C. The Balaban J connectivity index is 2.42. The Morgan fingerprint density at radius 1 is 1.42 bits per heavy atom. The molecule has 4 heteroatoms. The fourth-order valence-electron chi connectivity index (χ4n) is 2.59. The number of aliphatic hydroxyl groups excluding tert-OH is 1. The van der Waals surface area contributed by atoms with E-state index in [1.54, 1.807) is 7.11 Å². The van der Waals surface area contributed by atoms with Crippen molar-refractivity contribution in [2.24, 2.45) is 5.73 Å². The first-order chi connectivity index (χ1) is 9.05. The van der Waals surface area contributed by atoms with Crippen LogP contribution in [-0.4, -0.2) is 38.1 Å². The lowest BCUT2D eigenvalue weighted by Gasteiger charge is -2.46. The van der Waals surface area contributed by atoms with Crippen molar-refractivity contribution < 1.29 is 14.6 Å². The van der Waals surface area contributed by atoms with Crippen LogP contribution in [0.5, 0.6) is 5.75 Å².